The van der Waals surface area contributed by atoms with Crippen LogP contribution < -0.4 is 14.8 Å². The van der Waals surface area contributed by atoms with Gasteiger partial charge in [0.05, 0.1) is 25.0 Å². The minimum atomic E-state index is -0.0580. The smallest absolute Gasteiger partial charge is 0.238 e. The second-order valence-corrected chi connectivity index (χ2v) is 8.23. The Morgan fingerprint density at radius 2 is 1.88 bits per heavy atom. The molecule has 0 bridgehead atoms. The van der Waals surface area contributed by atoms with E-state index < -0.39 is 0 Å². The van der Waals surface area contributed by atoms with Crippen molar-refractivity contribution in [1.82, 2.24) is 14.9 Å². The van der Waals surface area contributed by atoms with E-state index in [1.165, 1.54) is 0 Å². The summed E-state index contributed by atoms with van der Waals surface area (Å²) in [5.41, 5.74) is 2.66. The first-order valence-electron chi connectivity index (χ1n) is 11.5. The molecule has 1 aliphatic rings. The van der Waals surface area contributed by atoms with E-state index in [0.29, 0.717) is 30.5 Å². The summed E-state index contributed by atoms with van der Waals surface area (Å²) in [4.78, 5) is 23.6. The molecular formula is C26H30N4O3. The summed E-state index contributed by atoms with van der Waals surface area (Å²) in [6.07, 6.45) is 9.27. The Morgan fingerprint density at radius 3 is 2.76 bits per heavy atom. The van der Waals surface area contributed by atoms with Crippen molar-refractivity contribution in [1.29, 1.82) is 0 Å². The highest BCUT2D eigenvalue weighted by atomic mass is 16.5. The molecule has 0 aliphatic carbocycles. The third-order valence-electron chi connectivity index (χ3n) is 5.61. The van der Waals surface area contributed by atoms with Crippen LogP contribution >= 0.6 is 0 Å². The fraction of sp³-hybridized carbons (Fsp3) is 0.346. The number of nitrogens with one attached hydrogen (secondary N) is 1. The van der Waals surface area contributed by atoms with Crippen molar-refractivity contribution in [2.45, 2.75) is 39.2 Å². The van der Waals surface area contributed by atoms with Gasteiger partial charge in [-0.1, -0.05) is 31.0 Å². The van der Waals surface area contributed by atoms with Crippen molar-refractivity contribution in [2.75, 3.05) is 25.0 Å². The van der Waals surface area contributed by atoms with Crippen molar-refractivity contribution in [3.05, 3.63) is 72.2 Å². The average molecular weight is 447 g/mol. The molecule has 3 heterocycles. The van der Waals surface area contributed by atoms with E-state index in [4.69, 9.17) is 9.47 Å². The van der Waals surface area contributed by atoms with Crippen LogP contribution in [0.3, 0.4) is 0 Å². The molecule has 1 N–H and O–H groups in total. The summed E-state index contributed by atoms with van der Waals surface area (Å²) < 4.78 is 12.1. The first kappa shape index (κ1) is 22.7. The van der Waals surface area contributed by atoms with Gasteiger partial charge in [-0.15, -0.1) is 0 Å². The Bertz CT molecular complexity index is 1070. The van der Waals surface area contributed by atoms with Crippen molar-refractivity contribution in [2.24, 2.45) is 0 Å². The zero-order valence-corrected chi connectivity index (χ0v) is 19.0. The van der Waals surface area contributed by atoms with Crippen LogP contribution in [0.1, 0.15) is 36.8 Å². The first-order chi connectivity index (χ1) is 16.2. The van der Waals surface area contributed by atoms with Crippen LogP contribution in [-0.4, -0.2) is 40.5 Å². The van der Waals surface area contributed by atoms with Gasteiger partial charge in [0.1, 0.15) is 0 Å². The number of anilines is 1. The fourth-order valence-electron chi connectivity index (χ4n) is 3.81. The third kappa shape index (κ3) is 6.52. The molecule has 1 aliphatic heterocycles. The monoisotopic (exact) mass is 446 g/mol. The van der Waals surface area contributed by atoms with Crippen LogP contribution in [0.25, 0.3) is 0 Å². The van der Waals surface area contributed by atoms with Crippen LogP contribution in [0.4, 0.5) is 5.69 Å². The van der Waals surface area contributed by atoms with Crippen LogP contribution in [0.2, 0.25) is 0 Å². The highest BCUT2D eigenvalue weighted by Gasteiger charge is 2.17. The van der Waals surface area contributed by atoms with Gasteiger partial charge in [0, 0.05) is 24.5 Å². The molecular weight excluding hydrogens is 416 g/mol. The number of ether oxygens (including phenoxy) is 2. The Kier molecular flexibility index (Phi) is 7.87. The minimum Gasteiger partial charge on any atom is -0.490 e. The standard InChI is InChI=1S/C26H30N4O3/c1-20-12-14-27-17-22(20)29-25(31)19-30-15-6-2-3-7-16-32-23-10-4-5-11-24(23)33-26-21(18-30)9-8-13-28-26/h4-5,8-14,17H,2-3,6-7,15-16,18-19H2,1H3,(H,29,31). The lowest BCUT2D eigenvalue weighted by Crippen LogP contribution is -2.34. The lowest BCUT2D eigenvalue weighted by atomic mass is 10.1. The number of pyridine rings is 2. The van der Waals surface area contributed by atoms with Gasteiger partial charge in [0.2, 0.25) is 11.8 Å². The van der Waals surface area contributed by atoms with Crippen LogP contribution in [0.15, 0.2) is 61.1 Å². The van der Waals surface area contributed by atoms with Gasteiger partial charge < -0.3 is 14.8 Å². The number of para-hydroxylation sites is 2. The van der Waals surface area contributed by atoms with Gasteiger partial charge in [0.25, 0.3) is 0 Å². The minimum absolute atomic E-state index is 0.0580. The molecule has 1 amide bonds. The molecule has 7 heteroatoms. The number of nitrogens with zero attached hydrogens (tertiary/aromatic N) is 3. The lowest BCUT2D eigenvalue weighted by Gasteiger charge is -2.23. The molecule has 1 aromatic carbocycles. The quantitative estimate of drug-likeness (QED) is 0.612. The van der Waals surface area contributed by atoms with E-state index in [1.54, 1.807) is 18.6 Å². The molecule has 2 aromatic heterocycles. The maximum absolute atomic E-state index is 12.8. The van der Waals surface area contributed by atoms with Crippen molar-refractivity contribution in [3.63, 3.8) is 0 Å². The highest BCUT2D eigenvalue weighted by Crippen LogP contribution is 2.32. The first-order valence-corrected chi connectivity index (χ1v) is 11.5. The zero-order valence-electron chi connectivity index (χ0n) is 19.0. The maximum atomic E-state index is 12.8. The molecule has 0 fully saturated rings. The SMILES string of the molecule is Cc1ccncc1NC(=O)CN1CCCCCCOc2ccccc2Oc2ncccc2C1. The number of benzene rings is 1. The predicted molar refractivity (Wildman–Crippen MR) is 128 cm³/mol. The number of hydrogen-bond donors (Lipinski definition) is 1. The van der Waals surface area contributed by atoms with Crippen molar-refractivity contribution in [3.8, 4) is 17.4 Å². The normalized spacial score (nSPS) is 15.2. The van der Waals surface area contributed by atoms with E-state index in [-0.39, 0.29) is 12.5 Å². The summed E-state index contributed by atoms with van der Waals surface area (Å²) in [6.45, 7) is 4.26. The summed E-state index contributed by atoms with van der Waals surface area (Å²) in [6, 6.07) is 13.4. The van der Waals surface area contributed by atoms with E-state index >= 15 is 0 Å². The van der Waals surface area contributed by atoms with Crippen LogP contribution in [0.5, 0.6) is 17.4 Å². The Morgan fingerprint density at radius 1 is 1.03 bits per heavy atom. The molecule has 0 atom stereocenters. The zero-order chi connectivity index (χ0) is 22.9. The average Bonchev–Trinajstić information content (AvgIpc) is 2.81. The molecule has 7 nitrogen and oxygen atoms in total. The summed E-state index contributed by atoms with van der Waals surface area (Å²) >= 11 is 0. The summed E-state index contributed by atoms with van der Waals surface area (Å²) in [7, 11) is 0. The highest BCUT2D eigenvalue weighted by molar-refractivity contribution is 5.92. The number of carbonyl (C=O) groups excluding carboxylic acids is 1. The number of carbonyl (C=O) groups is 1. The number of aromatic nitrogens is 2. The number of amides is 1. The van der Waals surface area contributed by atoms with E-state index in [2.05, 4.69) is 20.2 Å². The molecule has 0 radical (unpaired) electrons. The number of fused-ring (bicyclic) bond motifs is 2. The molecule has 0 spiro atoms. The number of hydrogen-bond acceptors (Lipinski definition) is 6. The van der Waals surface area contributed by atoms with Gasteiger partial charge in [-0.2, -0.15) is 0 Å². The molecule has 33 heavy (non-hydrogen) atoms. The molecule has 0 unspecified atom stereocenters. The molecule has 0 saturated carbocycles. The second-order valence-electron chi connectivity index (χ2n) is 8.23. The Hall–Kier alpha value is -3.45. The summed E-state index contributed by atoms with van der Waals surface area (Å²) in [5.74, 6) is 1.83. The van der Waals surface area contributed by atoms with Crippen molar-refractivity contribution >= 4 is 11.6 Å². The topological polar surface area (TPSA) is 76.6 Å². The van der Waals surface area contributed by atoms with E-state index in [0.717, 1.165) is 49.0 Å². The summed E-state index contributed by atoms with van der Waals surface area (Å²) in [5, 5.41) is 2.99. The molecule has 172 valence electrons. The maximum Gasteiger partial charge on any atom is 0.238 e. The van der Waals surface area contributed by atoms with Gasteiger partial charge in [-0.05, 0) is 56.1 Å². The van der Waals surface area contributed by atoms with E-state index in [9.17, 15) is 4.79 Å². The fourth-order valence-corrected chi connectivity index (χ4v) is 3.81. The van der Waals surface area contributed by atoms with E-state index in [1.807, 2.05) is 49.4 Å². The predicted octanol–water partition coefficient (Wildman–Crippen LogP) is 4.97. The van der Waals surface area contributed by atoms with Gasteiger partial charge in [-0.25, -0.2) is 4.98 Å². The van der Waals surface area contributed by atoms with Gasteiger partial charge in [-0.3, -0.25) is 14.7 Å². The van der Waals surface area contributed by atoms with Crippen LogP contribution in [0, 0.1) is 6.92 Å². The Labute approximate surface area is 194 Å². The molecule has 3 aromatic rings. The largest absolute Gasteiger partial charge is 0.490 e. The second kappa shape index (κ2) is 11.4. The molecule has 4 rings (SSSR count). The van der Waals surface area contributed by atoms with Crippen LogP contribution in [-0.2, 0) is 11.3 Å². The van der Waals surface area contributed by atoms with Crippen molar-refractivity contribution < 1.29 is 14.3 Å². The van der Waals surface area contributed by atoms with Gasteiger partial charge >= 0.3 is 0 Å². The Balaban J connectivity index is 1.53. The molecule has 0 saturated heterocycles. The lowest BCUT2D eigenvalue weighted by molar-refractivity contribution is -0.117. The van der Waals surface area contributed by atoms with Gasteiger partial charge in [0.15, 0.2) is 11.5 Å². The number of aryl methyl sites for hydroxylation is 1. The third-order valence-corrected chi connectivity index (χ3v) is 5.61. The number of rotatable bonds is 3.